The molecule has 4 aromatic rings. The number of fused-ring (bicyclic) bond motifs is 3. The first-order chi connectivity index (χ1) is 15.0. The molecule has 1 unspecified atom stereocenters. The van der Waals surface area contributed by atoms with Gasteiger partial charge in [0.05, 0.1) is 22.9 Å². The quantitative estimate of drug-likeness (QED) is 0.253. The van der Waals surface area contributed by atoms with Crippen LogP contribution in [0.15, 0.2) is 60.8 Å². The zero-order valence-electron chi connectivity index (χ0n) is 17.4. The predicted octanol–water partition coefficient (Wildman–Crippen LogP) is 2.65. The van der Waals surface area contributed by atoms with Gasteiger partial charge < -0.3 is 10.6 Å². The van der Waals surface area contributed by atoms with Crippen molar-refractivity contribution in [2.24, 2.45) is 5.73 Å². The first kappa shape index (κ1) is 20.7. The number of hydroxylamine groups is 1. The maximum absolute atomic E-state index is 11.3. The van der Waals surface area contributed by atoms with Crippen molar-refractivity contribution in [2.45, 2.75) is 6.04 Å². The highest BCUT2D eigenvalue weighted by Gasteiger charge is 2.19. The van der Waals surface area contributed by atoms with Crippen LogP contribution in [-0.4, -0.2) is 51.4 Å². The topological polar surface area (TPSA) is 109 Å². The summed E-state index contributed by atoms with van der Waals surface area (Å²) < 4.78 is 1.83. The van der Waals surface area contributed by atoms with E-state index < -0.39 is 5.91 Å². The number of rotatable bonds is 6. The fourth-order valence-corrected chi connectivity index (χ4v) is 3.57. The molecule has 0 fully saturated rings. The van der Waals surface area contributed by atoms with E-state index in [1.807, 2.05) is 78.4 Å². The monoisotopic (exact) mass is 416 g/mol. The number of nitrogens with zero attached hydrogens (tertiary/aromatic N) is 4. The summed E-state index contributed by atoms with van der Waals surface area (Å²) in [6.07, 6.45) is 4.87. The van der Waals surface area contributed by atoms with E-state index in [2.05, 4.69) is 0 Å². The average molecular weight is 416 g/mol. The zero-order valence-corrected chi connectivity index (χ0v) is 17.4. The maximum atomic E-state index is 11.3. The van der Waals surface area contributed by atoms with Gasteiger partial charge in [0.2, 0.25) is 0 Å². The minimum atomic E-state index is -0.592. The molecule has 1 amide bonds. The van der Waals surface area contributed by atoms with Crippen LogP contribution in [0.1, 0.15) is 17.3 Å². The molecule has 0 spiro atoms. The normalized spacial score (nSPS) is 12.8. The fraction of sp³-hybridized carbons (Fsp3) is 0.174. The molecule has 2 aromatic heterocycles. The number of benzene rings is 2. The SMILES string of the molecule is CN(C)CC(N)c1nc2ccc(/C=C/C(=O)NO)cc2c2cn(-c3ccccc3)nc12. The summed E-state index contributed by atoms with van der Waals surface area (Å²) in [6, 6.07) is 15.3. The molecule has 1 atom stereocenters. The van der Waals surface area contributed by atoms with Crippen molar-refractivity contribution in [3.8, 4) is 5.69 Å². The average Bonchev–Trinajstić information content (AvgIpc) is 3.22. The largest absolute Gasteiger partial charge is 0.322 e. The number of carbonyl (C=O) groups excluding carboxylic acids is 1. The van der Waals surface area contributed by atoms with Crippen LogP contribution in [0.2, 0.25) is 0 Å². The Morgan fingerprint density at radius 3 is 2.71 bits per heavy atom. The van der Waals surface area contributed by atoms with Gasteiger partial charge in [0.1, 0.15) is 5.52 Å². The zero-order chi connectivity index (χ0) is 22.0. The van der Waals surface area contributed by atoms with Crippen LogP contribution >= 0.6 is 0 Å². The van der Waals surface area contributed by atoms with Crippen molar-refractivity contribution in [3.63, 3.8) is 0 Å². The second-order valence-corrected chi connectivity index (χ2v) is 7.62. The van der Waals surface area contributed by atoms with Gasteiger partial charge in [0.15, 0.2) is 0 Å². The van der Waals surface area contributed by atoms with Crippen molar-refractivity contribution in [2.75, 3.05) is 20.6 Å². The minimum absolute atomic E-state index is 0.297. The van der Waals surface area contributed by atoms with Gasteiger partial charge in [-0.3, -0.25) is 10.0 Å². The van der Waals surface area contributed by atoms with Crippen molar-refractivity contribution in [1.82, 2.24) is 25.1 Å². The molecule has 158 valence electrons. The van der Waals surface area contributed by atoms with Crippen molar-refractivity contribution in [3.05, 3.63) is 72.1 Å². The Balaban J connectivity index is 1.92. The smallest absolute Gasteiger partial charge is 0.267 e. The van der Waals surface area contributed by atoms with Gasteiger partial charge in [-0.15, -0.1) is 0 Å². The minimum Gasteiger partial charge on any atom is -0.322 e. The molecule has 2 aromatic carbocycles. The molecule has 0 saturated heterocycles. The fourth-order valence-electron chi connectivity index (χ4n) is 3.57. The molecule has 0 aliphatic carbocycles. The number of para-hydroxylation sites is 1. The molecule has 31 heavy (non-hydrogen) atoms. The summed E-state index contributed by atoms with van der Waals surface area (Å²) in [6.45, 7) is 0.642. The van der Waals surface area contributed by atoms with Gasteiger partial charge in [-0.25, -0.2) is 15.1 Å². The van der Waals surface area contributed by atoms with E-state index in [0.29, 0.717) is 6.54 Å². The number of hydrogen-bond acceptors (Lipinski definition) is 6. The molecule has 8 heteroatoms. The maximum Gasteiger partial charge on any atom is 0.267 e. The number of amides is 1. The molecule has 0 bridgehead atoms. The lowest BCUT2D eigenvalue weighted by Crippen LogP contribution is -2.27. The molecular formula is C23H24N6O2. The van der Waals surface area contributed by atoms with Gasteiger partial charge in [0.25, 0.3) is 5.91 Å². The first-order valence-electron chi connectivity index (χ1n) is 9.87. The molecule has 4 N–H and O–H groups in total. The third kappa shape index (κ3) is 4.31. The number of pyridine rings is 1. The van der Waals surface area contributed by atoms with Crippen LogP contribution in [-0.2, 0) is 4.79 Å². The second kappa shape index (κ2) is 8.65. The summed E-state index contributed by atoms with van der Waals surface area (Å²) in [5.74, 6) is -0.592. The predicted molar refractivity (Wildman–Crippen MR) is 121 cm³/mol. The Morgan fingerprint density at radius 2 is 2.00 bits per heavy atom. The summed E-state index contributed by atoms with van der Waals surface area (Å²) in [5, 5.41) is 15.4. The van der Waals surface area contributed by atoms with E-state index in [1.54, 1.807) is 11.6 Å². The Bertz CT molecular complexity index is 1260. The molecule has 0 radical (unpaired) electrons. The molecule has 8 nitrogen and oxygen atoms in total. The number of nitrogens with two attached hydrogens (primary N) is 1. The lowest BCUT2D eigenvalue weighted by atomic mass is 10.0. The van der Waals surface area contributed by atoms with Gasteiger partial charge in [0, 0.05) is 29.6 Å². The molecule has 0 aliphatic rings. The highest BCUT2D eigenvalue weighted by atomic mass is 16.5. The third-order valence-electron chi connectivity index (χ3n) is 4.98. The van der Waals surface area contributed by atoms with Crippen LogP contribution in [0.25, 0.3) is 33.6 Å². The lowest BCUT2D eigenvalue weighted by Gasteiger charge is -2.17. The van der Waals surface area contributed by atoms with Crippen molar-refractivity contribution >= 4 is 33.8 Å². The van der Waals surface area contributed by atoms with Crippen LogP contribution in [0.4, 0.5) is 0 Å². The van der Waals surface area contributed by atoms with Crippen LogP contribution < -0.4 is 11.2 Å². The summed E-state index contributed by atoms with van der Waals surface area (Å²) >= 11 is 0. The molecule has 0 saturated carbocycles. The van der Waals surface area contributed by atoms with Crippen LogP contribution in [0.3, 0.4) is 0 Å². The van der Waals surface area contributed by atoms with Crippen LogP contribution in [0.5, 0.6) is 0 Å². The molecule has 4 rings (SSSR count). The van der Waals surface area contributed by atoms with Gasteiger partial charge >= 0.3 is 0 Å². The number of likely N-dealkylation sites (N-methyl/N-ethyl adjacent to an activating group) is 1. The number of carbonyl (C=O) groups is 1. The molecule has 0 aliphatic heterocycles. The third-order valence-corrected chi connectivity index (χ3v) is 4.98. The van der Waals surface area contributed by atoms with E-state index in [1.165, 1.54) is 6.08 Å². The Labute approximate surface area is 179 Å². The van der Waals surface area contributed by atoms with Gasteiger partial charge in [-0.2, -0.15) is 5.10 Å². The van der Waals surface area contributed by atoms with Gasteiger partial charge in [-0.1, -0.05) is 24.3 Å². The van der Waals surface area contributed by atoms with Gasteiger partial charge in [-0.05, 0) is 50.0 Å². The van der Waals surface area contributed by atoms with E-state index >= 15 is 0 Å². The Hall–Kier alpha value is -3.59. The van der Waals surface area contributed by atoms with E-state index in [-0.39, 0.29) is 6.04 Å². The number of hydrogen-bond donors (Lipinski definition) is 3. The number of aromatic nitrogens is 3. The Kier molecular flexibility index (Phi) is 5.77. The van der Waals surface area contributed by atoms with E-state index in [0.717, 1.165) is 38.8 Å². The lowest BCUT2D eigenvalue weighted by molar-refractivity contribution is -0.124. The number of nitrogens with one attached hydrogen (secondary N) is 1. The Morgan fingerprint density at radius 1 is 1.23 bits per heavy atom. The van der Waals surface area contributed by atoms with Crippen molar-refractivity contribution < 1.29 is 10.0 Å². The first-order valence-corrected chi connectivity index (χ1v) is 9.87. The van der Waals surface area contributed by atoms with Crippen molar-refractivity contribution in [1.29, 1.82) is 0 Å². The molecular weight excluding hydrogens is 392 g/mol. The summed E-state index contributed by atoms with van der Waals surface area (Å²) in [4.78, 5) is 18.2. The summed E-state index contributed by atoms with van der Waals surface area (Å²) in [7, 11) is 3.95. The highest BCUT2D eigenvalue weighted by Crippen LogP contribution is 2.30. The molecule has 2 heterocycles. The highest BCUT2D eigenvalue weighted by molar-refractivity contribution is 6.06. The van der Waals surface area contributed by atoms with E-state index in [9.17, 15) is 4.79 Å². The second-order valence-electron chi connectivity index (χ2n) is 7.62. The standard InChI is InChI=1S/C23H24N6O2/c1-28(2)14-19(24)23-22-18(13-29(26-22)16-6-4-3-5-7-16)17-12-15(8-10-20(17)25-23)9-11-21(30)27-31/h3-13,19,31H,14,24H2,1-2H3,(H,27,30)/b11-9+. The summed E-state index contributed by atoms with van der Waals surface area (Å²) in [5.41, 5.74) is 12.1. The van der Waals surface area contributed by atoms with E-state index in [4.69, 9.17) is 21.0 Å². The van der Waals surface area contributed by atoms with Crippen LogP contribution in [0, 0.1) is 0 Å².